The van der Waals surface area contributed by atoms with Gasteiger partial charge in [-0.3, -0.25) is 9.88 Å². The lowest BCUT2D eigenvalue weighted by Crippen LogP contribution is -2.34. The standard InChI is InChI=1S/C25H24N8O5S2/c1-38-22-28-23(39-30-22)29-24(34)31-12-14-9-16(10-15(14)13-31)33-20-18-7-8-32(21(18)26-11-19(20)27-25(33)35)40(36,37)17-5-3-2-4-6-17/h2-8,11,14-16H,9-10,12-13H2,1H3,(H,27,35)(H,28,29,30,34)/t14-,15+,16?. The largest absolute Gasteiger partial charge is 0.466 e. The van der Waals surface area contributed by atoms with E-state index in [0.29, 0.717) is 34.6 Å². The van der Waals surface area contributed by atoms with Gasteiger partial charge in [0.25, 0.3) is 10.0 Å². The van der Waals surface area contributed by atoms with Crippen LogP contribution in [0.1, 0.15) is 18.9 Å². The van der Waals surface area contributed by atoms with Gasteiger partial charge in [0.05, 0.1) is 29.2 Å². The smallest absolute Gasteiger partial charge is 0.329 e. The molecule has 2 amide bonds. The van der Waals surface area contributed by atoms with Gasteiger partial charge in [-0.1, -0.05) is 18.2 Å². The number of rotatable bonds is 5. The summed E-state index contributed by atoms with van der Waals surface area (Å²) in [6, 6.07) is 9.76. The number of fused-ring (bicyclic) bond motifs is 4. The molecule has 40 heavy (non-hydrogen) atoms. The molecule has 1 aromatic carbocycles. The fourth-order valence-corrected chi connectivity index (χ4v) is 7.94. The highest BCUT2D eigenvalue weighted by molar-refractivity contribution is 7.90. The first-order valence-corrected chi connectivity index (χ1v) is 14.9. The lowest BCUT2D eigenvalue weighted by Gasteiger charge is -2.20. The summed E-state index contributed by atoms with van der Waals surface area (Å²) in [6.07, 6.45) is 4.44. The molecule has 0 spiro atoms. The van der Waals surface area contributed by atoms with Crippen LogP contribution in [-0.2, 0) is 10.0 Å². The SMILES string of the molecule is COc1nsc(NC(=O)N2C[C@H]3CC(n4c(=O)[nH]c5cnc6c(ccn6S(=O)(=O)c6ccccc6)c54)C[C@H]3C2)n1. The van der Waals surface area contributed by atoms with Crippen molar-refractivity contribution in [1.82, 2.24) is 32.8 Å². The van der Waals surface area contributed by atoms with Crippen LogP contribution in [0.3, 0.4) is 0 Å². The molecule has 15 heteroatoms. The van der Waals surface area contributed by atoms with Gasteiger partial charge in [0.2, 0.25) is 5.13 Å². The first-order valence-electron chi connectivity index (χ1n) is 12.7. The number of carbonyl (C=O) groups is 1. The van der Waals surface area contributed by atoms with Crippen LogP contribution >= 0.6 is 11.5 Å². The summed E-state index contributed by atoms with van der Waals surface area (Å²) in [4.78, 5) is 39.3. The van der Waals surface area contributed by atoms with E-state index in [-0.39, 0.29) is 46.2 Å². The van der Waals surface area contributed by atoms with Gasteiger partial charge in [0.15, 0.2) is 5.65 Å². The average Bonchev–Trinajstić information content (AvgIpc) is 3.75. The number of ether oxygens (including phenoxy) is 1. The Morgan fingerprint density at radius 1 is 1.15 bits per heavy atom. The minimum absolute atomic E-state index is 0.0893. The Kier molecular flexibility index (Phi) is 5.67. The molecule has 0 radical (unpaired) electrons. The van der Waals surface area contributed by atoms with E-state index in [0.717, 1.165) is 28.3 Å². The molecular formula is C25H24N8O5S2. The fourth-order valence-electron chi connectivity index (χ4n) is 6.08. The molecule has 4 aromatic heterocycles. The van der Waals surface area contributed by atoms with Crippen LogP contribution in [0.25, 0.3) is 22.1 Å². The molecule has 2 N–H and O–H groups in total. The first kappa shape index (κ1) is 24.8. The van der Waals surface area contributed by atoms with E-state index in [9.17, 15) is 18.0 Å². The zero-order chi connectivity index (χ0) is 27.6. The predicted octanol–water partition coefficient (Wildman–Crippen LogP) is 2.89. The van der Waals surface area contributed by atoms with Gasteiger partial charge in [-0.15, -0.1) is 4.37 Å². The number of aromatic nitrogens is 6. The monoisotopic (exact) mass is 580 g/mol. The summed E-state index contributed by atoms with van der Waals surface area (Å²) in [5, 5.41) is 3.74. The molecule has 3 atom stereocenters. The van der Waals surface area contributed by atoms with Crippen molar-refractivity contribution in [2.75, 3.05) is 25.5 Å². The molecule has 13 nitrogen and oxygen atoms in total. The third-order valence-electron chi connectivity index (χ3n) is 7.84. The number of pyridine rings is 1. The number of carbonyl (C=O) groups excluding carboxylic acids is 1. The van der Waals surface area contributed by atoms with Crippen LogP contribution in [0.5, 0.6) is 6.01 Å². The van der Waals surface area contributed by atoms with E-state index >= 15 is 0 Å². The van der Waals surface area contributed by atoms with Gasteiger partial charge >= 0.3 is 17.7 Å². The molecule has 206 valence electrons. The number of benzene rings is 1. The fraction of sp³-hybridized carbons (Fsp3) is 0.320. The maximum atomic E-state index is 13.3. The minimum atomic E-state index is -3.87. The van der Waals surface area contributed by atoms with Crippen LogP contribution in [0.2, 0.25) is 0 Å². The van der Waals surface area contributed by atoms with Crippen molar-refractivity contribution in [2.24, 2.45) is 11.8 Å². The number of methoxy groups -OCH3 is 1. The number of urea groups is 1. The van der Waals surface area contributed by atoms with Gasteiger partial charge in [-0.05, 0) is 42.9 Å². The van der Waals surface area contributed by atoms with E-state index in [4.69, 9.17) is 4.74 Å². The third-order valence-corrected chi connectivity index (χ3v) is 10.1. The lowest BCUT2D eigenvalue weighted by molar-refractivity contribution is 0.217. The van der Waals surface area contributed by atoms with Gasteiger partial charge in [0, 0.05) is 42.2 Å². The first-order chi connectivity index (χ1) is 19.3. The van der Waals surface area contributed by atoms with Crippen molar-refractivity contribution < 1.29 is 17.9 Å². The van der Waals surface area contributed by atoms with Crippen LogP contribution in [-0.4, -0.2) is 67.4 Å². The van der Waals surface area contributed by atoms with Crippen molar-refractivity contribution in [3.63, 3.8) is 0 Å². The predicted molar refractivity (Wildman–Crippen MR) is 147 cm³/mol. The minimum Gasteiger partial charge on any atom is -0.466 e. The van der Waals surface area contributed by atoms with Crippen molar-refractivity contribution in [3.8, 4) is 6.01 Å². The number of likely N-dealkylation sites (tertiary alicyclic amines) is 1. The highest BCUT2D eigenvalue weighted by atomic mass is 32.2. The molecule has 1 unspecified atom stereocenters. The quantitative estimate of drug-likeness (QED) is 0.321. The van der Waals surface area contributed by atoms with Crippen molar-refractivity contribution in [1.29, 1.82) is 0 Å². The summed E-state index contributed by atoms with van der Waals surface area (Å²) >= 11 is 1.06. The molecular weight excluding hydrogens is 556 g/mol. The van der Waals surface area contributed by atoms with E-state index in [2.05, 4.69) is 24.6 Å². The molecule has 1 aliphatic carbocycles. The van der Waals surface area contributed by atoms with E-state index in [1.807, 2.05) is 0 Å². The number of imidazole rings is 1. The Balaban J connectivity index is 1.16. The Hall–Kier alpha value is -4.24. The molecule has 5 heterocycles. The third kappa shape index (κ3) is 3.87. The lowest BCUT2D eigenvalue weighted by atomic mass is 10.0. The number of aromatic amines is 1. The summed E-state index contributed by atoms with van der Waals surface area (Å²) < 4.78 is 38.5. The second-order valence-electron chi connectivity index (χ2n) is 10.1. The van der Waals surface area contributed by atoms with Crippen LogP contribution in [0.4, 0.5) is 9.93 Å². The number of anilines is 1. The van der Waals surface area contributed by atoms with Crippen LogP contribution in [0.15, 0.2) is 58.5 Å². The average molecular weight is 581 g/mol. The molecule has 1 saturated heterocycles. The maximum Gasteiger partial charge on any atom is 0.329 e. The topological polar surface area (TPSA) is 157 Å². The Bertz CT molecular complexity index is 1910. The highest BCUT2D eigenvalue weighted by Crippen LogP contribution is 2.45. The normalized spacial score (nSPS) is 20.8. The Morgan fingerprint density at radius 3 is 2.60 bits per heavy atom. The zero-order valence-corrected chi connectivity index (χ0v) is 22.9. The molecule has 0 bridgehead atoms. The highest BCUT2D eigenvalue weighted by Gasteiger charge is 2.44. The van der Waals surface area contributed by atoms with Gasteiger partial charge < -0.3 is 14.6 Å². The molecule has 7 rings (SSSR count). The van der Waals surface area contributed by atoms with E-state index in [1.54, 1.807) is 33.7 Å². The van der Waals surface area contributed by atoms with Crippen molar-refractivity contribution in [2.45, 2.75) is 23.8 Å². The molecule has 2 aliphatic rings. The zero-order valence-electron chi connectivity index (χ0n) is 21.2. The molecule has 1 aliphatic heterocycles. The number of hydrogen-bond acceptors (Lipinski definition) is 9. The Morgan fingerprint density at radius 2 is 1.90 bits per heavy atom. The summed E-state index contributed by atoms with van der Waals surface area (Å²) in [6.45, 7) is 1.14. The second kappa shape index (κ2) is 9.16. The molecule has 2 fully saturated rings. The van der Waals surface area contributed by atoms with Crippen molar-refractivity contribution in [3.05, 3.63) is 59.3 Å². The number of nitrogens with one attached hydrogen (secondary N) is 2. The molecule has 5 aromatic rings. The van der Waals surface area contributed by atoms with Crippen LogP contribution < -0.4 is 15.7 Å². The van der Waals surface area contributed by atoms with E-state index < -0.39 is 10.0 Å². The summed E-state index contributed by atoms with van der Waals surface area (Å²) in [7, 11) is -2.40. The number of hydrogen-bond donors (Lipinski definition) is 2. The van der Waals surface area contributed by atoms with Crippen molar-refractivity contribution >= 4 is 54.8 Å². The second-order valence-corrected chi connectivity index (χ2v) is 12.6. The summed E-state index contributed by atoms with van der Waals surface area (Å²) in [5.41, 5.74) is 1.20. The van der Waals surface area contributed by atoms with E-state index in [1.165, 1.54) is 31.6 Å². The van der Waals surface area contributed by atoms with Gasteiger partial charge in [-0.2, -0.15) is 4.98 Å². The molecule has 1 saturated carbocycles. The van der Waals surface area contributed by atoms with Gasteiger partial charge in [0.1, 0.15) is 0 Å². The number of H-pyrrole nitrogens is 1. The number of amides is 2. The number of nitrogens with zero attached hydrogens (tertiary/aromatic N) is 6. The van der Waals surface area contributed by atoms with Gasteiger partial charge in [-0.25, -0.2) is 27.0 Å². The maximum absolute atomic E-state index is 13.3. The van der Waals surface area contributed by atoms with Crippen LogP contribution in [0, 0.1) is 11.8 Å². The Labute approximate surface area is 231 Å². The summed E-state index contributed by atoms with van der Waals surface area (Å²) in [5.74, 6) is 0.467.